The molecule has 166 valence electrons. The van der Waals surface area contributed by atoms with Crippen LogP contribution < -0.4 is 19.7 Å². The zero-order chi connectivity index (χ0) is 22.0. The van der Waals surface area contributed by atoms with Gasteiger partial charge in [-0.15, -0.1) is 0 Å². The van der Waals surface area contributed by atoms with Crippen molar-refractivity contribution in [3.05, 3.63) is 84.1 Å². The molecular formula is C25H27N3O4. The third-order valence-electron chi connectivity index (χ3n) is 5.08. The van der Waals surface area contributed by atoms with Gasteiger partial charge < -0.3 is 24.4 Å². The number of nitrogens with one attached hydrogen (secondary N) is 1. The van der Waals surface area contributed by atoms with Crippen molar-refractivity contribution in [2.24, 2.45) is 0 Å². The first-order valence-corrected chi connectivity index (χ1v) is 10.7. The Hall–Kier alpha value is -3.58. The summed E-state index contributed by atoms with van der Waals surface area (Å²) in [6, 6.07) is 21.2. The maximum atomic E-state index is 12.1. The average molecular weight is 434 g/mol. The molecule has 0 bridgehead atoms. The largest absolute Gasteiger partial charge is 0.489 e. The number of amides is 1. The van der Waals surface area contributed by atoms with Crippen LogP contribution in [0.3, 0.4) is 0 Å². The van der Waals surface area contributed by atoms with Gasteiger partial charge in [-0.25, -0.2) is 4.98 Å². The van der Waals surface area contributed by atoms with Gasteiger partial charge in [-0.1, -0.05) is 36.4 Å². The summed E-state index contributed by atoms with van der Waals surface area (Å²) < 4.78 is 16.7. The normalized spacial score (nSPS) is 13.4. The van der Waals surface area contributed by atoms with Gasteiger partial charge in [0.05, 0.1) is 13.2 Å². The number of nitrogens with zero attached hydrogens (tertiary/aromatic N) is 2. The van der Waals surface area contributed by atoms with Gasteiger partial charge in [-0.2, -0.15) is 0 Å². The third-order valence-corrected chi connectivity index (χ3v) is 5.08. The van der Waals surface area contributed by atoms with Crippen LogP contribution in [0.25, 0.3) is 0 Å². The standard InChI is InChI=1S/C25H27N3O4/c29-25(27-17-21-6-11-24(26-16-21)28-12-14-30-15-13-28)19-32-23-9-7-22(8-10-23)31-18-20-4-2-1-3-5-20/h1-11,16H,12-15,17-19H2,(H,27,29). The molecule has 0 saturated carbocycles. The molecule has 1 fully saturated rings. The Kier molecular flexibility index (Phi) is 7.55. The number of pyridine rings is 1. The molecule has 1 amide bonds. The lowest BCUT2D eigenvalue weighted by Crippen LogP contribution is -2.36. The molecular weight excluding hydrogens is 406 g/mol. The predicted octanol–water partition coefficient (Wildman–Crippen LogP) is 3.19. The summed E-state index contributed by atoms with van der Waals surface area (Å²) in [7, 11) is 0. The number of carbonyl (C=O) groups is 1. The highest BCUT2D eigenvalue weighted by atomic mass is 16.5. The van der Waals surface area contributed by atoms with Crippen LogP contribution in [0, 0.1) is 0 Å². The van der Waals surface area contributed by atoms with Crippen molar-refractivity contribution in [3.63, 3.8) is 0 Å². The predicted molar refractivity (Wildman–Crippen MR) is 122 cm³/mol. The topological polar surface area (TPSA) is 72.9 Å². The van der Waals surface area contributed by atoms with Crippen LogP contribution in [0.15, 0.2) is 72.9 Å². The second-order valence-electron chi connectivity index (χ2n) is 7.44. The number of aromatic nitrogens is 1. The van der Waals surface area contributed by atoms with E-state index in [0.29, 0.717) is 18.9 Å². The summed E-state index contributed by atoms with van der Waals surface area (Å²) in [5, 5.41) is 2.86. The molecule has 0 radical (unpaired) electrons. The Morgan fingerprint density at radius 2 is 1.62 bits per heavy atom. The van der Waals surface area contributed by atoms with E-state index in [-0.39, 0.29) is 12.5 Å². The van der Waals surface area contributed by atoms with Gasteiger partial charge in [0.1, 0.15) is 23.9 Å². The van der Waals surface area contributed by atoms with Crippen molar-refractivity contribution in [3.8, 4) is 11.5 Å². The van der Waals surface area contributed by atoms with Crippen molar-refractivity contribution >= 4 is 11.7 Å². The van der Waals surface area contributed by atoms with E-state index in [0.717, 1.165) is 49.0 Å². The van der Waals surface area contributed by atoms with Crippen LogP contribution >= 0.6 is 0 Å². The number of benzene rings is 2. The Morgan fingerprint density at radius 1 is 0.906 bits per heavy atom. The highest BCUT2D eigenvalue weighted by Gasteiger charge is 2.12. The molecule has 7 heteroatoms. The number of hydrogen-bond donors (Lipinski definition) is 1. The van der Waals surface area contributed by atoms with Gasteiger partial charge in [-0.05, 0) is 41.5 Å². The van der Waals surface area contributed by atoms with Crippen LogP contribution in [0.2, 0.25) is 0 Å². The second-order valence-corrected chi connectivity index (χ2v) is 7.44. The molecule has 0 spiro atoms. The number of morpholine rings is 1. The first-order chi connectivity index (χ1) is 15.8. The number of rotatable bonds is 9. The Morgan fingerprint density at radius 3 is 2.31 bits per heavy atom. The smallest absolute Gasteiger partial charge is 0.258 e. The third kappa shape index (κ3) is 6.46. The molecule has 0 unspecified atom stereocenters. The van der Waals surface area contributed by atoms with Crippen LogP contribution in [-0.4, -0.2) is 43.8 Å². The van der Waals surface area contributed by atoms with Crippen molar-refractivity contribution in [1.82, 2.24) is 10.3 Å². The zero-order valence-electron chi connectivity index (χ0n) is 17.9. The zero-order valence-corrected chi connectivity index (χ0v) is 17.9. The molecule has 4 rings (SSSR count). The fourth-order valence-electron chi connectivity index (χ4n) is 3.27. The van der Waals surface area contributed by atoms with Crippen LogP contribution in [-0.2, 0) is 22.7 Å². The van der Waals surface area contributed by atoms with E-state index in [1.165, 1.54) is 0 Å². The van der Waals surface area contributed by atoms with Gasteiger partial charge in [0.2, 0.25) is 0 Å². The van der Waals surface area contributed by atoms with E-state index in [1.807, 2.05) is 54.6 Å². The molecule has 32 heavy (non-hydrogen) atoms. The van der Waals surface area contributed by atoms with Gasteiger partial charge in [0.25, 0.3) is 5.91 Å². The van der Waals surface area contributed by atoms with Gasteiger partial charge in [-0.3, -0.25) is 4.79 Å². The van der Waals surface area contributed by atoms with E-state index in [9.17, 15) is 4.79 Å². The molecule has 7 nitrogen and oxygen atoms in total. The second kappa shape index (κ2) is 11.2. The highest BCUT2D eigenvalue weighted by Crippen LogP contribution is 2.19. The summed E-state index contributed by atoms with van der Waals surface area (Å²) in [5.74, 6) is 2.11. The van der Waals surface area contributed by atoms with Crippen molar-refractivity contribution in [1.29, 1.82) is 0 Å². The Labute approximate surface area is 187 Å². The SMILES string of the molecule is O=C(COc1ccc(OCc2ccccc2)cc1)NCc1ccc(N2CCOCC2)nc1. The lowest BCUT2D eigenvalue weighted by molar-refractivity contribution is -0.123. The first-order valence-electron chi connectivity index (χ1n) is 10.7. The average Bonchev–Trinajstić information content (AvgIpc) is 2.87. The number of ether oxygens (including phenoxy) is 3. The van der Waals surface area contributed by atoms with E-state index >= 15 is 0 Å². The fourth-order valence-corrected chi connectivity index (χ4v) is 3.27. The molecule has 1 aromatic heterocycles. The maximum Gasteiger partial charge on any atom is 0.258 e. The fraction of sp³-hybridized carbons (Fsp3) is 0.280. The molecule has 0 atom stereocenters. The highest BCUT2D eigenvalue weighted by molar-refractivity contribution is 5.77. The summed E-state index contributed by atoms with van der Waals surface area (Å²) in [5.41, 5.74) is 2.05. The van der Waals surface area contributed by atoms with Gasteiger partial charge in [0.15, 0.2) is 6.61 Å². The van der Waals surface area contributed by atoms with Crippen LogP contribution in [0.5, 0.6) is 11.5 Å². The number of carbonyl (C=O) groups excluding carboxylic acids is 1. The minimum Gasteiger partial charge on any atom is -0.489 e. The molecule has 2 aromatic carbocycles. The lowest BCUT2D eigenvalue weighted by atomic mass is 10.2. The monoisotopic (exact) mass is 433 g/mol. The lowest BCUT2D eigenvalue weighted by Gasteiger charge is -2.27. The van der Waals surface area contributed by atoms with Crippen molar-refractivity contribution < 1.29 is 19.0 Å². The minimum atomic E-state index is -0.188. The molecule has 1 aliphatic heterocycles. The summed E-state index contributed by atoms with van der Waals surface area (Å²) in [6.45, 7) is 4.01. The summed E-state index contributed by atoms with van der Waals surface area (Å²) in [6.07, 6.45) is 1.79. The van der Waals surface area contributed by atoms with Crippen molar-refractivity contribution in [2.45, 2.75) is 13.2 Å². The summed E-state index contributed by atoms with van der Waals surface area (Å²) in [4.78, 5) is 18.8. The molecule has 1 aliphatic rings. The minimum absolute atomic E-state index is 0.0521. The molecule has 2 heterocycles. The van der Waals surface area contributed by atoms with Crippen molar-refractivity contribution in [2.75, 3.05) is 37.8 Å². The van der Waals surface area contributed by atoms with Crippen LogP contribution in [0.1, 0.15) is 11.1 Å². The van der Waals surface area contributed by atoms with E-state index in [1.54, 1.807) is 18.3 Å². The van der Waals surface area contributed by atoms with Crippen LogP contribution in [0.4, 0.5) is 5.82 Å². The molecule has 0 aliphatic carbocycles. The van der Waals surface area contributed by atoms with E-state index in [4.69, 9.17) is 14.2 Å². The Bertz CT molecular complexity index is 972. The maximum absolute atomic E-state index is 12.1. The molecule has 3 aromatic rings. The quantitative estimate of drug-likeness (QED) is 0.559. The first kappa shape index (κ1) is 21.6. The molecule has 1 saturated heterocycles. The molecule has 1 N–H and O–H groups in total. The van der Waals surface area contributed by atoms with E-state index in [2.05, 4.69) is 15.2 Å². The van der Waals surface area contributed by atoms with E-state index < -0.39 is 0 Å². The van der Waals surface area contributed by atoms with Gasteiger partial charge >= 0.3 is 0 Å². The number of hydrogen-bond acceptors (Lipinski definition) is 6. The van der Waals surface area contributed by atoms with Gasteiger partial charge in [0, 0.05) is 25.8 Å². The Balaban J connectivity index is 1.17. The summed E-state index contributed by atoms with van der Waals surface area (Å²) >= 11 is 0. The number of anilines is 1.